The maximum Gasteiger partial charge on any atom is 0.277 e. The lowest BCUT2D eigenvalue weighted by Gasteiger charge is -2.02. The van der Waals surface area contributed by atoms with Crippen LogP contribution in [-0.2, 0) is 5.75 Å². The van der Waals surface area contributed by atoms with Gasteiger partial charge in [-0.05, 0) is 23.8 Å². The number of hydrogen-bond donors (Lipinski definition) is 0. The average molecular weight is 382 g/mol. The Hall–Kier alpha value is -2.09. The molecule has 0 fully saturated rings. The molecule has 3 aromatic rings. The summed E-state index contributed by atoms with van der Waals surface area (Å²) in [5.41, 5.74) is 1.35. The summed E-state index contributed by atoms with van der Waals surface area (Å²) in [5.74, 6) is 0.760. The number of thioether (sulfide) groups is 1. The van der Waals surface area contributed by atoms with Gasteiger partial charge in [-0.3, -0.25) is 10.1 Å². The summed E-state index contributed by atoms with van der Waals surface area (Å²) in [7, 11) is 0. The molecule has 0 aliphatic rings. The van der Waals surface area contributed by atoms with Crippen molar-refractivity contribution >= 4 is 40.7 Å². The Kier molecular flexibility index (Phi) is 5.03. The lowest BCUT2D eigenvalue weighted by atomic mass is 10.2. The van der Waals surface area contributed by atoms with Gasteiger partial charge < -0.3 is 4.42 Å². The highest BCUT2D eigenvalue weighted by Gasteiger charge is 2.13. The number of non-ortho nitro benzene ring substituents is 1. The van der Waals surface area contributed by atoms with Crippen LogP contribution >= 0.6 is 35.0 Å². The number of hydrogen-bond acceptors (Lipinski definition) is 6. The predicted octanol–water partition coefficient (Wildman–Crippen LogP) is 5.24. The third-order valence-electron chi connectivity index (χ3n) is 3.08. The molecule has 1 heterocycles. The van der Waals surface area contributed by atoms with Crippen LogP contribution in [0.4, 0.5) is 5.69 Å². The molecule has 0 saturated carbocycles. The van der Waals surface area contributed by atoms with Crippen LogP contribution in [0.15, 0.2) is 52.1 Å². The fourth-order valence-corrected chi connectivity index (χ4v) is 3.24. The average Bonchev–Trinajstić information content (AvgIpc) is 3.03. The zero-order valence-electron chi connectivity index (χ0n) is 12.0. The maximum absolute atomic E-state index is 10.8. The van der Waals surface area contributed by atoms with Crippen molar-refractivity contribution in [1.82, 2.24) is 10.2 Å². The highest BCUT2D eigenvalue weighted by atomic mass is 35.5. The summed E-state index contributed by atoms with van der Waals surface area (Å²) < 4.78 is 5.54. The molecule has 0 unspecified atom stereocenters. The van der Waals surface area contributed by atoms with Crippen LogP contribution in [0, 0.1) is 10.1 Å². The number of benzene rings is 2. The largest absolute Gasteiger partial charge is 0.411 e. The molecule has 0 atom stereocenters. The lowest BCUT2D eigenvalue weighted by molar-refractivity contribution is -0.384. The summed E-state index contributed by atoms with van der Waals surface area (Å²) >= 11 is 13.3. The fraction of sp³-hybridized carbons (Fsp3) is 0.0667. The third-order valence-corrected chi connectivity index (χ3v) is 4.53. The van der Waals surface area contributed by atoms with Gasteiger partial charge >= 0.3 is 0 Å². The van der Waals surface area contributed by atoms with Crippen LogP contribution in [0.5, 0.6) is 0 Å². The first-order valence-corrected chi connectivity index (χ1v) is 8.42. The van der Waals surface area contributed by atoms with Crippen LogP contribution in [0.1, 0.15) is 5.56 Å². The van der Waals surface area contributed by atoms with E-state index in [1.807, 2.05) is 6.07 Å². The van der Waals surface area contributed by atoms with E-state index in [0.29, 0.717) is 26.6 Å². The quantitative estimate of drug-likeness (QED) is 0.341. The number of nitro groups is 1. The molecule has 2 aromatic carbocycles. The summed E-state index contributed by atoms with van der Waals surface area (Å²) in [4.78, 5) is 10.3. The van der Waals surface area contributed by atoms with Gasteiger partial charge in [-0.15, -0.1) is 10.2 Å². The van der Waals surface area contributed by atoms with Gasteiger partial charge in [0.15, 0.2) is 0 Å². The Morgan fingerprint density at radius 3 is 2.75 bits per heavy atom. The minimum Gasteiger partial charge on any atom is -0.411 e. The molecule has 122 valence electrons. The van der Waals surface area contributed by atoms with Crippen molar-refractivity contribution < 1.29 is 9.34 Å². The molecule has 0 amide bonds. The van der Waals surface area contributed by atoms with Crippen LogP contribution in [0.25, 0.3) is 11.5 Å². The number of aromatic nitrogens is 2. The van der Waals surface area contributed by atoms with Gasteiger partial charge in [-0.2, -0.15) is 0 Å². The highest BCUT2D eigenvalue weighted by molar-refractivity contribution is 7.98. The predicted molar refractivity (Wildman–Crippen MR) is 92.4 cm³/mol. The Labute approximate surface area is 150 Å². The second-order valence-electron chi connectivity index (χ2n) is 4.70. The van der Waals surface area contributed by atoms with Gasteiger partial charge in [-0.25, -0.2) is 0 Å². The van der Waals surface area contributed by atoms with Crippen molar-refractivity contribution in [3.05, 3.63) is 68.2 Å². The first-order chi connectivity index (χ1) is 11.5. The molecule has 6 nitrogen and oxygen atoms in total. The van der Waals surface area contributed by atoms with Crippen molar-refractivity contribution in [1.29, 1.82) is 0 Å². The second-order valence-corrected chi connectivity index (χ2v) is 6.48. The lowest BCUT2D eigenvalue weighted by Crippen LogP contribution is -1.88. The molecule has 0 aliphatic carbocycles. The zero-order valence-corrected chi connectivity index (χ0v) is 14.3. The van der Waals surface area contributed by atoms with Gasteiger partial charge in [0.2, 0.25) is 5.89 Å². The number of nitrogens with zero attached hydrogens (tertiary/aromatic N) is 3. The van der Waals surface area contributed by atoms with E-state index in [4.69, 9.17) is 27.6 Å². The molecule has 0 N–H and O–H groups in total. The van der Waals surface area contributed by atoms with Crippen molar-refractivity contribution in [3.8, 4) is 11.5 Å². The first-order valence-electron chi connectivity index (χ1n) is 6.68. The zero-order chi connectivity index (χ0) is 17.1. The van der Waals surface area contributed by atoms with Crippen molar-refractivity contribution in [2.24, 2.45) is 0 Å². The minimum atomic E-state index is -0.474. The summed E-state index contributed by atoms with van der Waals surface area (Å²) in [6, 6.07) is 11.3. The summed E-state index contributed by atoms with van der Waals surface area (Å²) in [6.07, 6.45) is 0. The molecule has 0 spiro atoms. The molecule has 0 aliphatic heterocycles. The van der Waals surface area contributed by atoms with Crippen molar-refractivity contribution in [2.45, 2.75) is 11.0 Å². The molecule has 1 aromatic heterocycles. The monoisotopic (exact) mass is 381 g/mol. The number of nitro benzene ring substituents is 1. The van der Waals surface area contributed by atoms with Gasteiger partial charge in [-0.1, -0.05) is 47.1 Å². The second kappa shape index (κ2) is 7.21. The van der Waals surface area contributed by atoms with Crippen LogP contribution in [-0.4, -0.2) is 15.1 Å². The number of rotatable bonds is 5. The Bertz CT molecular complexity index is 901. The SMILES string of the molecule is O=[N+]([O-])c1cccc(-c2nnc(SCc3ccc(Cl)cc3Cl)o2)c1. The Balaban J connectivity index is 1.74. The van der Waals surface area contributed by atoms with Gasteiger partial charge in [0, 0.05) is 33.5 Å². The Morgan fingerprint density at radius 2 is 2.00 bits per heavy atom. The van der Waals surface area contributed by atoms with E-state index in [1.165, 1.54) is 23.9 Å². The third kappa shape index (κ3) is 3.87. The van der Waals surface area contributed by atoms with Crippen LogP contribution < -0.4 is 0 Å². The smallest absolute Gasteiger partial charge is 0.277 e. The van der Waals surface area contributed by atoms with Crippen molar-refractivity contribution in [3.63, 3.8) is 0 Å². The standard InChI is InChI=1S/C15H9Cl2N3O3S/c16-11-5-4-10(13(17)7-11)8-24-15-19-18-14(23-15)9-2-1-3-12(6-9)20(21)22/h1-7H,8H2. The van der Waals surface area contributed by atoms with Gasteiger partial charge in [0.25, 0.3) is 10.9 Å². The fourth-order valence-electron chi connectivity index (χ4n) is 1.92. The van der Waals surface area contributed by atoms with E-state index in [1.54, 1.807) is 24.3 Å². The van der Waals surface area contributed by atoms with Crippen LogP contribution in [0.2, 0.25) is 10.0 Å². The summed E-state index contributed by atoms with van der Waals surface area (Å²) in [5, 5.41) is 20.2. The molecule has 3 rings (SSSR count). The molecule has 0 radical (unpaired) electrons. The van der Waals surface area contributed by atoms with E-state index < -0.39 is 4.92 Å². The highest BCUT2D eigenvalue weighted by Crippen LogP contribution is 2.30. The molecule has 24 heavy (non-hydrogen) atoms. The van der Waals surface area contributed by atoms with E-state index in [-0.39, 0.29) is 11.6 Å². The first kappa shape index (κ1) is 16.8. The van der Waals surface area contributed by atoms with E-state index in [9.17, 15) is 10.1 Å². The van der Waals surface area contributed by atoms with Gasteiger partial charge in [0.1, 0.15) is 0 Å². The van der Waals surface area contributed by atoms with E-state index in [2.05, 4.69) is 10.2 Å². The minimum absolute atomic E-state index is 0.0344. The molecule has 0 saturated heterocycles. The maximum atomic E-state index is 10.8. The summed E-state index contributed by atoms with van der Waals surface area (Å²) in [6.45, 7) is 0. The topological polar surface area (TPSA) is 82.1 Å². The Morgan fingerprint density at radius 1 is 1.17 bits per heavy atom. The van der Waals surface area contributed by atoms with Crippen LogP contribution in [0.3, 0.4) is 0 Å². The molecular weight excluding hydrogens is 373 g/mol. The van der Waals surface area contributed by atoms with Gasteiger partial charge in [0.05, 0.1) is 4.92 Å². The normalized spacial score (nSPS) is 10.8. The molecule has 0 bridgehead atoms. The molecule has 9 heteroatoms. The number of halogens is 2. The molecular formula is C15H9Cl2N3O3S. The van der Waals surface area contributed by atoms with E-state index >= 15 is 0 Å². The van der Waals surface area contributed by atoms with Crippen molar-refractivity contribution in [2.75, 3.05) is 0 Å². The van der Waals surface area contributed by atoms with E-state index in [0.717, 1.165) is 5.56 Å².